The molecule has 0 aliphatic carbocycles. The average Bonchev–Trinajstić information content (AvgIpc) is 2.61. The molecule has 25 heavy (non-hydrogen) atoms. The van der Waals surface area contributed by atoms with Crippen LogP contribution in [0.2, 0.25) is 5.02 Å². The second kappa shape index (κ2) is 9.29. The predicted molar refractivity (Wildman–Crippen MR) is 103 cm³/mol. The lowest BCUT2D eigenvalue weighted by atomic mass is 10.2. The van der Waals surface area contributed by atoms with Crippen LogP contribution < -0.4 is 20.2 Å². The fourth-order valence-corrected chi connectivity index (χ4v) is 2.46. The fraction of sp³-hybridized carbons (Fsp3) is 0.176. The van der Waals surface area contributed by atoms with Crippen LogP contribution in [0.4, 0.5) is 5.69 Å². The number of amides is 1. The minimum Gasteiger partial charge on any atom is -0.496 e. The number of ether oxygens (including phenoxy) is 2. The van der Waals surface area contributed by atoms with Crippen molar-refractivity contribution in [3.05, 3.63) is 51.5 Å². The second-order valence-corrected chi connectivity index (χ2v) is 6.21. The summed E-state index contributed by atoms with van der Waals surface area (Å²) in [7, 11) is 3.05. The third kappa shape index (κ3) is 5.65. The number of hydrogen-bond acceptors (Lipinski definition) is 5. The lowest BCUT2D eigenvalue weighted by molar-refractivity contribution is -0.119. The summed E-state index contributed by atoms with van der Waals surface area (Å²) in [4.78, 5) is 11.8. The van der Waals surface area contributed by atoms with Gasteiger partial charge in [-0.05, 0) is 30.3 Å². The summed E-state index contributed by atoms with van der Waals surface area (Å²) in [5.41, 5.74) is 3.90. The SMILES string of the molecule is COc1cc(OC)c(/C=N\NC(=O)CNc2ccc(Br)cc2)cc1Cl. The topological polar surface area (TPSA) is 72.0 Å². The Morgan fingerprint density at radius 3 is 2.52 bits per heavy atom. The Kier molecular flexibility index (Phi) is 7.09. The van der Waals surface area contributed by atoms with Gasteiger partial charge in [-0.1, -0.05) is 27.5 Å². The van der Waals surface area contributed by atoms with Gasteiger partial charge in [-0.15, -0.1) is 0 Å². The number of carbonyl (C=O) groups excluding carboxylic acids is 1. The molecule has 0 radical (unpaired) electrons. The molecule has 8 heteroatoms. The largest absolute Gasteiger partial charge is 0.496 e. The molecule has 0 aromatic heterocycles. The van der Waals surface area contributed by atoms with Crippen LogP contribution in [0.5, 0.6) is 11.5 Å². The summed E-state index contributed by atoms with van der Waals surface area (Å²) < 4.78 is 11.4. The van der Waals surface area contributed by atoms with Gasteiger partial charge in [-0.2, -0.15) is 5.10 Å². The van der Waals surface area contributed by atoms with Crippen LogP contribution in [-0.4, -0.2) is 32.9 Å². The monoisotopic (exact) mass is 425 g/mol. The minimum absolute atomic E-state index is 0.0967. The number of nitrogens with one attached hydrogen (secondary N) is 2. The first-order valence-corrected chi connectivity index (χ1v) is 8.43. The Balaban J connectivity index is 1.92. The Morgan fingerprint density at radius 1 is 1.20 bits per heavy atom. The minimum atomic E-state index is -0.280. The van der Waals surface area contributed by atoms with Crippen molar-refractivity contribution in [2.45, 2.75) is 0 Å². The van der Waals surface area contributed by atoms with Gasteiger partial charge in [0.25, 0.3) is 5.91 Å². The maximum absolute atomic E-state index is 11.8. The fourth-order valence-electron chi connectivity index (χ4n) is 1.95. The lowest BCUT2D eigenvalue weighted by Gasteiger charge is -2.09. The van der Waals surface area contributed by atoms with E-state index in [0.29, 0.717) is 22.1 Å². The van der Waals surface area contributed by atoms with E-state index in [4.69, 9.17) is 21.1 Å². The van der Waals surface area contributed by atoms with Crippen LogP contribution in [0.15, 0.2) is 46.0 Å². The predicted octanol–water partition coefficient (Wildman–Crippen LogP) is 3.68. The first-order chi connectivity index (χ1) is 12.0. The molecule has 2 N–H and O–H groups in total. The lowest BCUT2D eigenvalue weighted by Crippen LogP contribution is -2.25. The third-order valence-corrected chi connectivity index (χ3v) is 4.02. The molecule has 0 unspecified atom stereocenters. The molecular weight excluding hydrogens is 410 g/mol. The normalized spacial score (nSPS) is 10.6. The smallest absolute Gasteiger partial charge is 0.259 e. The molecular formula is C17H17BrClN3O3. The number of hydrogen-bond donors (Lipinski definition) is 2. The summed E-state index contributed by atoms with van der Waals surface area (Å²) in [6, 6.07) is 10.8. The summed E-state index contributed by atoms with van der Waals surface area (Å²) in [5, 5.41) is 7.34. The first kappa shape index (κ1) is 19.1. The van der Waals surface area contributed by atoms with Crippen molar-refractivity contribution >= 4 is 45.3 Å². The zero-order chi connectivity index (χ0) is 18.2. The molecule has 1 amide bonds. The molecule has 132 valence electrons. The number of benzene rings is 2. The highest BCUT2D eigenvalue weighted by Gasteiger charge is 2.08. The maximum Gasteiger partial charge on any atom is 0.259 e. The van der Waals surface area contributed by atoms with Gasteiger partial charge in [-0.3, -0.25) is 4.79 Å². The average molecular weight is 427 g/mol. The van der Waals surface area contributed by atoms with Crippen LogP contribution in [0.3, 0.4) is 0 Å². The molecule has 0 atom stereocenters. The highest BCUT2D eigenvalue weighted by atomic mass is 79.9. The Hall–Kier alpha value is -2.25. The van der Waals surface area contributed by atoms with Crippen LogP contribution in [0.25, 0.3) is 0 Å². The van der Waals surface area contributed by atoms with E-state index in [1.807, 2.05) is 24.3 Å². The van der Waals surface area contributed by atoms with E-state index in [1.54, 1.807) is 12.1 Å². The molecule has 0 fully saturated rings. The summed E-state index contributed by atoms with van der Waals surface area (Å²) in [6.45, 7) is 0.0967. The maximum atomic E-state index is 11.8. The van der Waals surface area contributed by atoms with Crippen LogP contribution in [0, 0.1) is 0 Å². The second-order valence-electron chi connectivity index (χ2n) is 4.88. The van der Waals surface area contributed by atoms with Crippen molar-refractivity contribution < 1.29 is 14.3 Å². The van der Waals surface area contributed by atoms with Gasteiger partial charge < -0.3 is 14.8 Å². The van der Waals surface area contributed by atoms with E-state index in [9.17, 15) is 4.79 Å². The quantitative estimate of drug-likeness (QED) is 0.523. The van der Waals surface area contributed by atoms with Gasteiger partial charge in [-0.25, -0.2) is 5.43 Å². The molecule has 0 saturated carbocycles. The molecule has 2 aromatic carbocycles. The summed E-state index contributed by atoms with van der Waals surface area (Å²) in [6.07, 6.45) is 1.46. The molecule has 0 spiro atoms. The van der Waals surface area contributed by atoms with E-state index in [0.717, 1.165) is 10.2 Å². The Bertz CT molecular complexity index is 766. The van der Waals surface area contributed by atoms with Crippen LogP contribution in [-0.2, 0) is 4.79 Å². The number of hydrazone groups is 1. The van der Waals surface area contributed by atoms with Gasteiger partial charge >= 0.3 is 0 Å². The molecule has 0 heterocycles. The van der Waals surface area contributed by atoms with Gasteiger partial charge in [0, 0.05) is 21.8 Å². The standard InChI is InChI=1S/C17H17BrClN3O3/c1-24-15-8-16(25-2)14(19)7-11(15)9-21-22-17(23)10-20-13-5-3-12(18)4-6-13/h3-9,20H,10H2,1-2H3,(H,22,23)/b21-9-. The van der Waals surface area contributed by atoms with Gasteiger partial charge in [0.1, 0.15) is 11.5 Å². The van der Waals surface area contributed by atoms with Crippen molar-refractivity contribution in [3.8, 4) is 11.5 Å². The van der Waals surface area contributed by atoms with Crippen molar-refractivity contribution in [1.82, 2.24) is 5.43 Å². The zero-order valence-corrected chi connectivity index (χ0v) is 16.0. The Labute approximate surface area is 159 Å². The number of rotatable bonds is 7. The zero-order valence-electron chi connectivity index (χ0n) is 13.7. The van der Waals surface area contributed by atoms with Crippen LogP contribution in [0.1, 0.15) is 5.56 Å². The number of methoxy groups -OCH3 is 2. The van der Waals surface area contributed by atoms with Crippen molar-refractivity contribution in [1.29, 1.82) is 0 Å². The van der Waals surface area contributed by atoms with E-state index in [2.05, 4.69) is 31.8 Å². The number of halogens is 2. The molecule has 6 nitrogen and oxygen atoms in total. The molecule has 0 bridgehead atoms. The molecule has 0 aliphatic heterocycles. The summed E-state index contributed by atoms with van der Waals surface area (Å²) >= 11 is 9.44. The first-order valence-electron chi connectivity index (χ1n) is 7.26. The molecule has 0 aliphatic rings. The highest BCUT2D eigenvalue weighted by Crippen LogP contribution is 2.31. The number of carbonyl (C=O) groups is 1. The molecule has 2 rings (SSSR count). The molecule has 2 aromatic rings. The van der Waals surface area contributed by atoms with Crippen molar-refractivity contribution in [3.63, 3.8) is 0 Å². The summed E-state index contributed by atoms with van der Waals surface area (Å²) in [5.74, 6) is 0.753. The van der Waals surface area contributed by atoms with E-state index in [-0.39, 0.29) is 12.5 Å². The Morgan fingerprint density at radius 2 is 1.88 bits per heavy atom. The van der Waals surface area contributed by atoms with E-state index >= 15 is 0 Å². The van der Waals surface area contributed by atoms with E-state index < -0.39 is 0 Å². The van der Waals surface area contributed by atoms with Gasteiger partial charge in [0.15, 0.2) is 0 Å². The van der Waals surface area contributed by atoms with Crippen LogP contribution >= 0.6 is 27.5 Å². The van der Waals surface area contributed by atoms with Crippen molar-refractivity contribution in [2.75, 3.05) is 26.1 Å². The van der Waals surface area contributed by atoms with E-state index in [1.165, 1.54) is 20.4 Å². The molecule has 0 saturated heterocycles. The number of anilines is 1. The third-order valence-electron chi connectivity index (χ3n) is 3.19. The van der Waals surface area contributed by atoms with Gasteiger partial charge in [0.05, 0.1) is 32.0 Å². The van der Waals surface area contributed by atoms with Crippen molar-refractivity contribution in [2.24, 2.45) is 5.10 Å². The van der Waals surface area contributed by atoms with Gasteiger partial charge in [0.2, 0.25) is 0 Å². The highest BCUT2D eigenvalue weighted by molar-refractivity contribution is 9.10. The number of nitrogens with zero attached hydrogens (tertiary/aromatic N) is 1.